The fourth-order valence-electron chi connectivity index (χ4n) is 2.04. The van der Waals surface area contributed by atoms with Crippen molar-refractivity contribution in [3.05, 3.63) is 48.3 Å². The first kappa shape index (κ1) is 15.5. The van der Waals surface area contributed by atoms with Crippen molar-refractivity contribution >= 4 is 23.4 Å². The Morgan fingerprint density at radius 1 is 1.29 bits per heavy atom. The number of thioether (sulfide) groups is 1. The number of hydrogen-bond donors (Lipinski definition) is 0. The smallest absolute Gasteiger partial charge is 0.240 e. The summed E-state index contributed by atoms with van der Waals surface area (Å²) in [7, 11) is 0. The predicted octanol–water partition coefficient (Wildman–Crippen LogP) is 3.32. The summed E-state index contributed by atoms with van der Waals surface area (Å²) in [4.78, 5) is 22.7. The molecule has 0 aliphatic carbocycles. The van der Waals surface area contributed by atoms with E-state index in [2.05, 4.69) is 9.97 Å². The van der Waals surface area contributed by atoms with Crippen LogP contribution >= 0.6 is 11.8 Å². The molecule has 1 atom stereocenters. The van der Waals surface area contributed by atoms with E-state index in [0.717, 1.165) is 11.3 Å². The zero-order valence-electron chi connectivity index (χ0n) is 12.5. The number of carbonyl (C=O) groups excluding carboxylic acids is 1. The minimum atomic E-state index is -0.229. The first-order valence-electron chi connectivity index (χ1n) is 6.93. The number of rotatable bonds is 5. The molecule has 0 spiro atoms. The molecule has 1 aromatic heterocycles. The lowest BCUT2D eigenvalue weighted by Gasteiger charge is -2.24. The van der Waals surface area contributed by atoms with Gasteiger partial charge >= 0.3 is 0 Å². The Kier molecular flexibility index (Phi) is 5.33. The van der Waals surface area contributed by atoms with Crippen LogP contribution in [0.25, 0.3) is 0 Å². The second kappa shape index (κ2) is 7.22. The summed E-state index contributed by atoms with van der Waals surface area (Å²) in [6, 6.07) is 9.75. The molecule has 0 aliphatic rings. The van der Waals surface area contributed by atoms with Gasteiger partial charge in [0, 0.05) is 24.6 Å². The van der Waals surface area contributed by atoms with Crippen LogP contribution in [0.1, 0.15) is 19.4 Å². The fraction of sp³-hybridized carbons (Fsp3) is 0.312. The van der Waals surface area contributed by atoms with Crippen LogP contribution in [0.5, 0.6) is 0 Å². The molecule has 0 aliphatic heterocycles. The maximum atomic E-state index is 12.6. The van der Waals surface area contributed by atoms with Gasteiger partial charge in [0.15, 0.2) is 5.16 Å². The van der Waals surface area contributed by atoms with Crippen molar-refractivity contribution in [2.75, 3.05) is 11.4 Å². The second-order valence-electron chi connectivity index (χ2n) is 4.71. The van der Waals surface area contributed by atoms with Gasteiger partial charge in [0.2, 0.25) is 5.91 Å². The Morgan fingerprint density at radius 3 is 2.62 bits per heavy atom. The molecule has 0 bridgehead atoms. The lowest BCUT2D eigenvalue weighted by atomic mass is 10.2. The number of hydrogen-bond acceptors (Lipinski definition) is 4. The van der Waals surface area contributed by atoms with Crippen molar-refractivity contribution in [1.29, 1.82) is 0 Å². The highest BCUT2D eigenvalue weighted by Gasteiger charge is 2.22. The van der Waals surface area contributed by atoms with Gasteiger partial charge in [-0.25, -0.2) is 9.97 Å². The molecule has 1 amide bonds. The van der Waals surface area contributed by atoms with Crippen LogP contribution in [-0.2, 0) is 4.79 Å². The maximum Gasteiger partial charge on any atom is 0.240 e. The molecule has 0 saturated heterocycles. The lowest BCUT2D eigenvalue weighted by molar-refractivity contribution is -0.117. The summed E-state index contributed by atoms with van der Waals surface area (Å²) in [6.07, 6.45) is 3.37. The van der Waals surface area contributed by atoms with Crippen molar-refractivity contribution in [3.8, 4) is 0 Å². The molecule has 1 aromatic carbocycles. The van der Waals surface area contributed by atoms with Gasteiger partial charge in [-0.15, -0.1) is 0 Å². The molecule has 1 heterocycles. The zero-order valence-corrected chi connectivity index (χ0v) is 13.3. The minimum Gasteiger partial charge on any atom is -0.312 e. The van der Waals surface area contributed by atoms with Crippen LogP contribution in [-0.4, -0.2) is 27.7 Å². The highest BCUT2D eigenvalue weighted by molar-refractivity contribution is 8.00. The molecule has 4 nitrogen and oxygen atoms in total. The van der Waals surface area contributed by atoms with Gasteiger partial charge in [-0.2, -0.15) is 0 Å². The van der Waals surface area contributed by atoms with Crippen molar-refractivity contribution in [2.45, 2.75) is 31.2 Å². The number of aryl methyl sites for hydroxylation is 1. The molecule has 0 fully saturated rings. The number of benzene rings is 1. The van der Waals surface area contributed by atoms with Crippen LogP contribution in [0.4, 0.5) is 5.69 Å². The molecule has 21 heavy (non-hydrogen) atoms. The van der Waals surface area contributed by atoms with Gasteiger partial charge in [0.25, 0.3) is 0 Å². The predicted molar refractivity (Wildman–Crippen MR) is 86.6 cm³/mol. The van der Waals surface area contributed by atoms with E-state index in [1.165, 1.54) is 11.8 Å². The second-order valence-corrected chi connectivity index (χ2v) is 6.02. The van der Waals surface area contributed by atoms with E-state index < -0.39 is 0 Å². The van der Waals surface area contributed by atoms with Crippen LogP contribution in [0.2, 0.25) is 0 Å². The number of nitrogens with zero attached hydrogens (tertiary/aromatic N) is 3. The normalized spacial score (nSPS) is 12.0. The zero-order chi connectivity index (χ0) is 15.2. The van der Waals surface area contributed by atoms with Gasteiger partial charge in [-0.3, -0.25) is 4.79 Å². The van der Waals surface area contributed by atoms with Gasteiger partial charge in [0.05, 0.1) is 5.25 Å². The number of carbonyl (C=O) groups is 1. The van der Waals surface area contributed by atoms with Gasteiger partial charge in [0.1, 0.15) is 0 Å². The molecule has 5 heteroatoms. The molecule has 110 valence electrons. The standard InChI is InChI=1S/C16H19N3OS/c1-4-19(14-8-5-7-12(2)11-14)15(20)13(3)21-16-17-9-6-10-18-16/h5-11,13H,4H2,1-3H3. The average molecular weight is 301 g/mol. The third-order valence-electron chi connectivity index (χ3n) is 3.07. The molecule has 0 saturated carbocycles. The third kappa shape index (κ3) is 4.04. The monoisotopic (exact) mass is 301 g/mol. The highest BCUT2D eigenvalue weighted by atomic mass is 32.2. The highest BCUT2D eigenvalue weighted by Crippen LogP contribution is 2.23. The van der Waals surface area contributed by atoms with E-state index in [0.29, 0.717) is 11.7 Å². The largest absolute Gasteiger partial charge is 0.312 e. The lowest BCUT2D eigenvalue weighted by Crippen LogP contribution is -2.36. The van der Waals surface area contributed by atoms with E-state index in [9.17, 15) is 4.79 Å². The molecule has 2 rings (SSSR count). The summed E-state index contributed by atoms with van der Waals surface area (Å²) in [5, 5.41) is 0.395. The molecular formula is C16H19N3OS. The van der Waals surface area contributed by atoms with Crippen molar-refractivity contribution in [3.63, 3.8) is 0 Å². The maximum absolute atomic E-state index is 12.6. The SMILES string of the molecule is CCN(C(=O)C(C)Sc1ncccn1)c1cccc(C)c1. The summed E-state index contributed by atoms with van der Waals surface area (Å²) >= 11 is 1.38. The van der Waals surface area contributed by atoms with E-state index in [4.69, 9.17) is 0 Å². The minimum absolute atomic E-state index is 0.0700. The molecule has 0 radical (unpaired) electrons. The van der Waals surface area contributed by atoms with Crippen LogP contribution in [0.3, 0.4) is 0 Å². The van der Waals surface area contributed by atoms with Gasteiger partial charge in [-0.1, -0.05) is 23.9 Å². The van der Waals surface area contributed by atoms with Gasteiger partial charge < -0.3 is 4.90 Å². The Bertz CT molecular complexity index is 603. The summed E-state index contributed by atoms with van der Waals surface area (Å²) in [5.74, 6) is 0.0700. The topological polar surface area (TPSA) is 46.1 Å². The summed E-state index contributed by atoms with van der Waals surface area (Å²) in [6.45, 7) is 6.54. The number of aromatic nitrogens is 2. The summed E-state index contributed by atoms with van der Waals surface area (Å²) < 4.78 is 0. The Balaban J connectivity index is 2.12. The molecule has 2 aromatic rings. The Labute approximate surface area is 129 Å². The summed E-state index contributed by atoms with van der Waals surface area (Å²) in [5.41, 5.74) is 2.08. The van der Waals surface area contributed by atoms with Crippen LogP contribution < -0.4 is 4.90 Å². The van der Waals surface area contributed by atoms with Crippen molar-refractivity contribution < 1.29 is 4.79 Å². The average Bonchev–Trinajstić information content (AvgIpc) is 2.49. The molecular weight excluding hydrogens is 282 g/mol. The molecule has 0 N–H and O–H groups in total. The van der Waals surface area contributed by atoms with E-state index in [1.807, 2.05) is 45.0 Å². The van der Waals surface area contributed by atoms with Crippen LogP contribution in [0, 0.1) is 6.92 Å². The number of anilines is 1. The van der Waals surface area contributed by atoms with Crippen LogP contribution in [0.15, 0.2) is 47.9 Å². The van der Waals surface area contributed by atoms with E-state index in [1.54, 1.807) is 23.4 Å². The fourth-order valence-corrected chi connectivity index (χ4v) is 2.82. The third-order valence-corrected chi connectivity index (χ3v) is 4.04. The first-order chi connectivity index (χ1) is 10.1. The Hall–Kier alpha value is -1.88. The number of amides is 1. The quantitative estimate of drug-likeness (QED) is 0.628. The van der Waals surface area contributed by atoms with E-state index in [-0.39, 0.29) is 11.2 Å². The molecule has 1 unspecified atom stereocenters. The van der Waals surface area contributed by atoms with Crippen molar-refractivity contribution in [2.24, 2.45) is 0 Å². The van der Waals surface area contributed by atoms with Gasteiger partial charge in [-0.05, 0) is 44.5 Å². The first-order valence-corrected chi connectivity index (χ1v) is 7.81. The Morgan fingerprint density at radius 2 is 2.00 bits per heavy atom. The van der Waals surface area contributed by atoms with E-state index >= 15 is 0 Å². The van der Waals surface area contributed by atoms with Crippen molar-refractivity contribution in [1.82, 2.24) is 9.97 Å².